The van der Waals surface area contributed by atoms with Crippen molar-refractivity contribution in [2.24, 2.45) is 5.10 Å². The first-order valence-corrected chi connectivity index (χ1v) is 6.12. The number of nitrogens with one attached hydrogen (secondary N) is 1. The van der Waals surface area contributed by atoms with E-state index in [0.29, 0.717) is 36.1 Å². The molecule has 3 rings (SSSR count). The van der Waals surface area contributed by atoms with Crippen LogP contribution < -0.4 is 14.9 Å². The molecule has 0 radical (unpaired) electrons. The Morgan fingerprint density at radius 2 is 1.95 bits per heavy atom. The normalized spacial score (nSPS) is 11.9. The van der Waals surface area contributed by atoms with Crippen molar-refractivity contribution < 1.29 is 9.47 Å². The maximum Gasteiger partial charge on any atom is 0.237 e. The molecular weight excluding hydrogens is 288 g/mol. The quantitative estimate of drug-likeness (QED) is 0.629. The van der Waals surface area contributed by atoms with E-state index in [1.807, 2.05) is 0 Å². The number of tetrazole rings is 1. The second-order valence-electron chi connectivity index (χ2n) is 4.06. The fourth-order valence-corrected chi connectivity index (χ4v) is 1.82. The van der Waals surface area contributed by atoms with Gasteiger partial charge in [0.15, 0.2) is 11.5 Å². The Kier molecular flexibility index (Phi) is 3.49. The van der Waals surface area contributed by atoms with Gasteiger partial charge in [-0.25, -0.2) is 0 Å². The Bertz CT molecular complexity index is 784. The minimum Gasteiger partial charge on any atom is -0.486 e. The Balaban J connectivity index is 2.05. The van der Waals surface area contributed by atoms with Gasteiger partial charge in [-0.15, -0.1) is 5.10 Å². The molecule has 1 aromatic carbocycles. The fourth-order valence-electron chi connectivity index (χ4n) is 1.82. The summed E-state index contributed by atoms with van der Waals surface area (Å²) < 4.78 is 12.4. The van der Waals surface area contributed by atoms with Crippen LogP contribution >= 0.6 is 0 Å². The summed E-state index contributed by atoms with van der Waals surface area (Å²) in [6, 6.07) is 6.65. The molecule has 22 heavy (non-hydrogen) atoms. The van der Waals surface area contributed by atoms with Gasteiger partial charge in [0.05, 0.1) is 11.4 Å². The van der Waals surface area contributed by atoms with E-state index in [4.69, 9.17) is 20.0 Å². The molecule has 0 bridgehead atoms. The molecule has 2 aromatic rings. The number of anilines is 1. The molecule has 1 aromatic heterocycles. The second-order valence-corrected chi connectivity index (χ2v) is 4.06. The lowest BCUT2D eigenvalue weighted by atomic mass is 10.2. The van der Waals surface area contributed by atoms with Crippen molar-refractivity contribution in [2.75, 3.05) is 18.6 Å². The summed E-state index contributed by atoms with van der Waals surface area (Å²) in [6.45, 7) is 0.877. The third kappa shape index (κ3) is 2.48. The lowest BCUT2D eigenvalue weighted by molar-refractivity contribution is 0.171. The number of fused-ring (bicyclic) bond motifs is 1. The van der Waals surface area contributed by atoms with Crippen LogP contribution in [-0.4, -0.2) is 39.1 Å². The highest BCUT2D eigenvalue weighted by atomic mass is 16.6. The number of hydrogen-bond acceptors (Lipinski definition) is 9. The standard InChI is InChI=1S/C12H8N8O2/c13-5-8(6-14)16-17-9-3-11-12(22-2-1-21-11)4-10(9)20-7-15-18-19-20/h3-4,7,17H,1-2H2. The number of aromatic nitrogens is 4. The third-order valence-electron chi connectivity index (χ3n) is 2.76. The van der Waals surface area contributed by atoms with E-state index in [1.54, 1.807) is 24.3 Å². The highest BCUT2D eigenvalue weighted by Crippen LogP contribution is 2.37. The zero-order valence-corrected chi connectivity index (χ0v) is 11.1. The minimum absolute atomic E-state index is 0.308. The molecule has 10 heteroatoms. The van der Waals surface area contributed by atoms with E-state index in [2.05, 4.69) is 26.1 Å². The molecule has 1 aliphatic rings. The summed E-state index contributed by atoms with van der Waals surface area (Å²) in [5, 5.41) is 32.1. The van der Waals surface area contributed by atoms with E-state index in [9.17, 15) is 0 Å². The van der Waals surface area contributed by atoms with Crippen molar-refractivity contribution in [3.05, 3.63) is 18.5 Å². The monoisotopic (exact) mass is 296 g/mol. The number of benzene rings is 1. The smallest absolute Gasteiger partial charge is 0.237 e. The molecule has 10 nitrogen and oxygen atoms in total. The average Bonchev–Trinajstić information content (AvgIpc) is 3.09. The number of nitrogens with zero attached hydrogens (tertiary/aromatic N) is 7. The van der Waals surface area contributed by atoms with Crippen LogP contribution in [0.4, 0.5) is 5.69 Å². The molecule has 2 heterocycles. The first-order chi connectivity index (χ1) is 10.8. The van der Waals surface area contributed by atoms with Crippen molar-refractivity contribution in [1.29, 1.82) is 10.5 Å². The summed E-state index contributed by atoms with van der Waals surface area (Å²) in [7, 11) is 0. The van der Waals surface area contributed by atoms with Gasteiger partial charge in [0, 0.05) is 12.1 Å². The Morgan fingerprint density at radius 1 is 1.23 bits per heavy atom. The van der Waals surface area contributed by atoms with E-state index in [1.165, 1.54) is 11.0 Å². The Hall–Kier alpha value is -3.66. The molecule has 0 amide bonds. The van der Waals surface area contributed by atoms with E-state index >= 15 is 0 Å². The highest BCUT2D eigenvalue weighted by molar-refractivity contribution is 6.10. The molecule has 0 saturated carbocycles. The molecule has 0 unspecified atom stereocenters. The fraction of sp³-hybridized carbons (Fsp3) is 0.167. The van der Waals surface area contributed by atoms with Gasteiger partial charge < -0.3 is 9.47 Å². The predicted molar refractivity (Wildman–Crippen MR) is 72.4 cm³/mol. The van der Waals surface area contributed by atoms with Crippen LogP contribution in [0.2, 0.25) is 0 Å². The topological polar surface area (TPSA) is 134 Å². The highest BCUT2D eigenvalue weighted by Gasteiger charge is 2.17. The summed E-state index contributed by atoms with van der Waals surface area (Å²) >= 11 is 0. The van der Waals surface area contributed by atoms with Crippen LogP contribution in [0.5, 0.6) is 11.5 Å². The molecule has 0 aliphatic carbocycles. The summed E-state index contributed by atoms with van der Waals surface area (Å²) in [6.07, 6.45) is 1.40. The Morgan fingerprint density at radius 3 is 2.59 bits per heavy atom. The van der Waals surface area contributed by atoms with Gasteiger partial charge >= 0.3 is 0 Å². The maximum atomic E-state index is 8.72. The van der Waals surface area contributed by atoms with E-state index in [0.717, 1.165) is 0 Å². The summed E-state index contributed by atoms with van der Waals surface area (Å²) in [5.41, 5.74) is 3.33. The third-order valence-corrected chi connectivity index (χ3v) is 2.76. The number of nitriles is 2. The lowest BCUT2D eigenvalue weighted by Crippen LogP contribution is -2.16. The van der Waals surface area contributed by atoms with Crippen molar-refractivity contribution in [3.63, 3.8) is 0 Å². The average molecular weight is 296 g/mol. The number of rotatable bonds is 3. The van der Waals surface area contributed by atoms with Gasteiger partial charge in [0.2, 0.25) is 5.71 Å². The van der Waals surface area contributed by atoms with Crippen LogP contribution in [0.3, 0.4) is 0 Å². The maximum absolute atomic E-state index is 8.72. The lowest BCUT2D eigenvalue weighted by Gasteiger charge is -2.20. The van der Waals surface area contributed by atoms with Crippen molar-refractivity contribution in [2.45, 2.75) is 0 Å². The SMILES string of the molecule is N#CC(C#N)=NNc1cc2c(cc1-n1cnnn1)OCCO2. The van der Waals surface area contributed by atoms with Gasteiger partial charge in [0.1, 0.15) is 31.7 Å². The predicted octanol–water partition coefficient (Wildman–Crippen LogP) is 0.249. The van der Waals surface area contributed by atoms with Gasteiger partial charge in [-0.1, -0.05) is 0 Å². The van der Waals surface area contributed by atoms with Gasteiger partial charge in [0.25, 0.3) is 0 Å². The molecule has 0 spiro atoms. The largest absolute Gasteiger partial charge is 0.486 e. The van der Waals surface area contributed by atoms with Crippen molar-refractivity contribution in [1.82, 2.24) is 20.2 Å². The van der Waals surface area contributed by atoms with Gasteiger partial charge in [-0.3, -0.25) is 5.43 Å². The second kappa shape index (κ2) is 5.76. The molecule has 0 atom stereocenters. The number of hydrazone groups is 1. The molecule has 108 valence electrons. The number of hydrogen-bond donors (Lipinski definition) is 1. The van der Waals surface area contributed by atoms with Crippen LogP contribution in [0, 0.1) is 22.7 Å². The zero-order valence-electron chi connectivity index (χ0n) is 11.1. The van der Waals surface area contributed by atoms with Crippen LogP contribution in [-0.2, 0) is 0 Å². The van der Waals surface area contributed by atoms with Crippen LogP contribution in [0.25, 0.3) is 5.69 Å². The molecule has 1 N–H and O–H groups in total. The minimum atomic E-state index is -0.308. The first kappa shape index (κ1) is 13.3. The van der Waals surface area contributed by atoms with Crippen LogP contribution in [0.1, 0.15) is 0 Å². The van der Waals surface area contributed by atoms with E-state index in [-0.39, 0.29) is 5.71 Å². The molecular formula is C12H8N8O2. The van der Waals surface area contributed by atoms with Gasteiger partial charge in [-0.05, 0) is 10.4 Å². The zero-order chi connectivity index (χ0) is 15.4. The van der Waals surface area contributed by atoms with Crippen LogP contribution in [0.15, 0.2) is 23.6 Å². The molecule has 0 saturated heterocycles. The summed E-state index contributed by atoms with van der Waals surface area (Å²) in [4.78, 5) is 0. The number of ether oxygens (including phenoxy) is 2. The first-order valence-electron chi connectivity index (χ1n) is 6.12. The van der Waals surface area contributed by atoms with Crippen molar-refractivity contribution >= 4 is 11.4 Å². The summed E-state index contributed by atoms with van der Waals surface area (Å²) in [5.74, 6) is 1.07. The van der Waals surface area contributed by atoms with Crippen molar-refractivity contribution in [3.8, 4) is 29.3 Å². The molecule has 0 fully saturated rings. The molecule has 1 aliphatic heterocycles. The Labute approximate surface area is 124 Å². The van der Waals surface area contributed by atoms with E-state index < -0.39 is 0 Å². The van der Waals surface area contributed by atoms with Gasteiger partial charge in [-0.2, -0.15) is 20.3 Å².